The van der Waals surface area contributed by atoms with Gasteiger partial charge in [0.2, 0.25) is 0 Å². The first-order valence-electron chi connectivity index (χ1n) is 5.77. The summed E-state index contributed by atoms with van der Waals surface area (Å²) in [5.41, 5.74) is -1.04. The maximum Gasteiger partial charge on any atom is 0.318 e. The molecule has 0 spiro atoms. The van der Waals surface area contributed by atoms with Crippen molar-refractivity contribution in [1.82, 2.24) is 0 Å². The molecule has 1 aliphatic carbocycles. The summed E-state index contributed by atoms with van der Waals surface area (Å²) in [5, 5.41) is 10.4. The Bertz CT molecular complexity index is 406. The highest BCUT2D eigenvalue weighted by Gasteiger charge is 2.75. The largest absolute Gasteiger partial charge is 0.468 e. The second-order valence-electron chi connectivity index (χ2n) is 5.14. The molecule has 2 bridgehead atoms. The van der Waals surface area contributed by atoms with Crippen LogP contribution in [0.5, 0.6) is 0 Å². The summed E-state index contributed by atoms with van der Waals surface area (Å²) in [5.74, 6) is -1.68. The van der Waals surface area contributed by atoms with Crippen molar-refractivity contribution in [2.75, 3.05) is 7.11 Å². The van der Waals surface area contributed by atoms with E-state index < -0.39 is 29.4 Å². The van der Waals surface area contributed by atoms with Gasteiger partial charge >= 0.3 is 5.97 Å². The van der Waals surface area contributed by atoms with Gasteiger partial charge in [0.1, 0.15) is 23.7 Å². The molecule has 0 amide bonds. The van der Waals surface area contributed by atoms with Crippen molar-refractivity contribution < 1.29 is 24.1 Å². The normalized spacial score (nSPS) is 55.1. The van der Waals surface area contributed by atoms with E-state index in [1.807, 2.05) is 19.1 Å². The molecule has 3 aliphatic rings. The second-order valence-corrected chi connectivity index (χ2v) is 5.14. The fraction of sp³-hybridized carbons (Fsp3) is 0.750. The molecule has 5 heteroatoms. The van der Waals surface area contributed by atoms with E-state index in [-0.39, 0.29) is 12.0 Å². The molecule has 0 aromatic heterocycles. The third-order valence-electron chi connectivity index (χ3n) is 4.33. The molecule has 17 heavy (non-hydrogen) atoms. The van der Waals surface area contributed by atoms with Gasteiger partial charge in [-0.05, 0) is 12.8 Å². The topological polar surface area (TPSA) is 65.0 Å². The lowest BCUT2D eigenvalue weighted by Crippen LogP contribution is -2.62. The quantitative estimate of drug-likeness (QED) is 0.525. The zero-order valence-corrected chi connectivity index (χ0v) is 10.0. The van der Waals surface area contributed by atoms with Crippen LogP contribution in [-0.2, 0) is 19.0 Å². The molecule has 1 N–H and O–H groups in total. The molecule has 1 unspecified atom stereocenters. The molecular weight excluding hydrogens is 224 g/mol. The zero-order chi connectivity index (χ0) is 12.4. The van der Waals surface area contributed by atoms with E-state index >= 15 is 0 Å². The van der Waals surface area contributed by atoms with Gasteiger partial charge in [-0.2, -0.15) is 0 Å². The van der Waals surface area contributed by atoms with Gasteiger partial charge in [0, 0.05) is 0 Å². The number of esters is 1. The molecule has 3 rings (SSSR count). The number of fused-ring (bicyclic) bond motifs is 1. The van der Waals surface area contributed by atoms with E-state index in [4.69, 9.17) is 14.2 Å². The number of allylic oxidation sites excluding steroid dienone is 1. The summed E-state index contributed by atoms with van der Waals surface area (Å²) in [6.07, 6.45) is 2.03. The minimum Gasteiger partial charge on any atom is -0.468 e. The lowest BCUT2D eigenvalue weighted by Gasteiger charge is -2.46. The van der Waals surface area contributed by atoms with E-state index in [2.05, 4.69) is 0 Å². The van der Waals surface area contributed by atoms with Crippen LogP contribution in [0.2, 0.25) is 0 Å². The molecule has 94 valence electrons. The first-order chi connectivity index (χ1) is 7.96. The number of aliphatic hydroxyl groups excluding tert-OH is 1. The minimum atomic E-state index is -1.11. The molecule has 2 saturated heterocycles. The van der Waals surface area contributed by atoms with Crippen LogP contribution in [0.15, 0.2) is 12.2 Å². The monoisotopic (exact) mass is 240 g/mol. The van der Waals surface area contributed by atoms with Crippen molar-refractivity contribution in [3.8, 4) is 0 Å². The van der Waals surface area contributed by atoms with Gasteiger partial charge in [0.25, 0.3) is 0 Å². The molecule has 2 fully saturated rings. The van der Waals surface area contributed by atoms with E-state index in [9.17, 15) is 9.90 Å². The van der Waals surface area contributed by atoms with Crippen LogP contribution in [0, 0.1) is 11.3 Å². The summed E-state index contributed by atoms with van der Waals surface area (Å²) in [6, 6.07) is 0. The Morgan fingerprint density at radius 1 is 1.41 bits per heavy atom. The summed E-state index contributed by atoms with van der Waals surface area (Å²) in [7, 11) is 1.33. The standard InChI is InChI=1S/C12H16O5/c1-6-4-5-7-8-12(6,10(14)15-3)9(13)11(2,16-7)17-8/h4-9,13H,1-3H3/t6-,7+,8+,9?,11+,12+/m0/s1. The molecule has 0 aromatic carbocycles. The van der Waals surface area contributed by atoms with Crippen LogP contribution in [0.25, 0.3) is 0 Å². The second kappa shape index (κ2) is 3.10. The van der Waals surface area contributed by atoms with Crippen LogP contribution in [0.4, 0.5) is 0 Å². The van der Waals surface area contributed by atoms with Gasteiger partial charge in [-0.1, -0.05) is 19.1 Å². The number of rotatable bonds is 1. The van der Waals surface area contributed by atoms with Crippen molar-refractivity contribution >= 4 is 5.97 Å². The first kappa shape index (κ1) is 11.2. The lowest BCUT2D eigenvalue weighted by molar-refractivity contribution is -0.220. The fourth-order valence-corrected chi connectivity index (χ4v) is 3.44. The van der Waals surface area contributed by atoms with Crippen molar-refractivity contribution in [2.45, 2.75) is 37.9 Å². The smallest absolute Gasteiger partial charge is 0.318 e. The first-order valence-corrected chi connectivity index (χ1v) is 5.77. The Labute approximate surface area is 99.3 Å². The van der Waals surface area contributed by atoms with Crippen LogP contribution >= 0.6 is 0 Å². The molecule has 0 aromatic rings. The minimum absolute atomic E-state index is 0.142. The molecular formula is C12H16O5. The Morgan fingerprint density at radius 3 is 2.71 bits per heavy atom. The van der Waals surface area contributed by atoms with Gasteiger partial charge < -0.3 is 19.3 Å². The van der Waals surface area contributed by atoms with Crippen LogP contribution in [0.1, 0.15) is 13.8 Å². The maximum atomic E-state index is 12.1. The molecule has 5 nitrogen and oxygen atoms in total. The molecule has 0 radical (unpaired) electrons. The third-order valence-corrected chi connectivity index (χ3v) is 4.33. The summed E-state index contributed by atoms with van der Waals surface area (Å²) in [6.45, 7) is 3.56. The lowest BCUT2D eigenvalue weighted by atomic mass is 9.62. The average molecular weight is 240 g/mol. The van der Waals surface area contributed by atoms with Gasteiger partial charge in [0.05, 0.1) is 7.11 Å². The molecule has 2 aliphatic heterocycles. The summed E-state index contributed by atoms with van der Waals surface area (Å²) >= 11 is 0. The molecule has 2 heterocycles. The number of methoxy groups -OCH3 is 1. The van der Waals surface area contributed by atoms with Crippen molar-refractivity contribution in [2.24, 2.45) is 11.3 Å². The van der Waals surface area contributed by atoms with E-state index in [0.29, 0.717) is 0 Å². The van der Waals surface area contributed by atoms with Gasteiger partial charge in [-0.25, -0.2) is 0 Å². The number of ether oxygens (including phenoxy) is 3. The van der Waals surface area contributed by atoms with E-state index in [1.54, 1.807) is 6.92 Å². The third kappa shape index (κ3) is 1.03. The van der Waals surface area contributed by atoms with Crippen molar-refractivity contribution in [3.05, 3.63) is 12.2 Å². The number of hydrogen-bond donors (Lipinski definition) is 1. The predicted octanol–water partition coefficient (Wildman–Crippen LogP) is 0.226. The van der Waals surface area contributed by atoms with Crippen LogP contribution in [-0.4, -0.2) is 42.3 Å². The highest BCUT2D eigenvalue weighted by Crippen LogP contribution is 2.59. The number of carbonyl (C=O) groups is 1. The van der Waals surface area contributed by atoms with Gasteiger partial charge in [-0.15, -0.1) is 0 Å². The molecule has 0 saturated carbocycles. The Hall–Kier alpha value is -0.910. The fourth-order valence-electron chi connectivity index (χ4n) is 3.44. The average Bonchev–Trinajstić information content (AvgIpc) is 2.76. The summed E-state index contributed by atoms with van der Waals surface area (Å²) in [4.78, 5) is 12.1. The van der Waals surface area contributed by atoms with Crippen LogP contribution in [0.3, 0.4) is 0 Å². The van der Waals surface area contributed by atoms with Gasteiger partial charge in [0.15, 0.2) is 5.79 Å². The van der Waals surface area contributed by atoms with E-state index in [0.717, 1.165) is 0 Å². The van der Waals surface area contributed by atoms with E-state index in [1.165, 1.54) is 7.11 Å². The van der Waals surface area contributed by atoms with Crippen LogP contribution < -0.4 is 0 Å². The number of aliphatic hydroxyl groups is 1. The zero-order valence-electron chi connectivity index (χ0n) is 10.0. The molecule has 6 atom stereocenters. The van der Waals surface area contributed by atoms with Gasteiger partial charge in [-0.3, -0.25) is 4.79 Å². The Balaban J connectivity index is 2.16. The Morgan fingerprint density at radius 2 is 2.12 bits per heavy atom. The summed E-state index contributed by atoms with van der Waals surface area (Å²) < 4.78 is 16.2. The maximum absolute atomic E-state index is 12.1. The highest BCUT2D eigenvalue weighted by atomic mass is 16.8. The predicted molar refractivity (Wildman–Crippen MR) is 56.9 cm³/mol. The number of carbonyl (C=O) groups excluding carboxylic acids is 1. The highest BCUT2D eigenvalue weighted by molar-refractivity contribution is 5.81. The van der Waals surface area contributed by atoms with Crippen molar-refractivity contribution in [3.63, 3.8) is 0 Å². The Kier molecular flexibility index (Phi) is 2.04. The SMILES string of the molecule is COC(=O)[C@@]12C(O)[C@@]3(C)O[C@@H]1[C@@H](C=C[C@@H]2C)O3. The number of hydrogen-bond acceptors (Lipinski definition) is 5. The van der Waals surface area contributed by atoms with Crippen molar-refractivity contribution in [1.29, 1.82) is 0 Å².